The van der Waals surface area contributed by atoms with E-state index in [1.165, 1.54) is 0 Å². The van der Waals surface area contributed by atoms with Gasteiger partial charge in [0.1, 0.15) is 6.04 Å². The molecule has 1 amide bonds. The molecule has 0 heterocycles. The number of amides is 1. The third-order valence-electron chi connectivity index (χ3n) is 2.80. The van der Waals surface area contributed by atoms with Crippen molar-refractivity contribution in [2.24, 2.45) is 11.7 Å². The lowest BCUT2D eigenvalue weighted by Crippen LogP contribution is -2.41. The Morgan fingerprint density at radius 2 is 1.94 bits per heavy atom. The van der Waals surface area contributed by atoms with Crippen LogP contribution in [0.2, 0.25) is 0 Å². The van der Waals surface area contributed by atoms with Crippen molar-refractivity contribution < 1.29 is 23.1 Å². The molecule has 18 heavy (non-hydrogen) atoms. The molecular formula is C10H18N2O5S. The van der Waals surface area contributed by atoms with Crippen LogP contribution in [0.3, 0.4) is 0 Å². The molecule has 0 aliphatic heterocycles. The molecule has 1 rings (SSSR count). The maximum Gasteiger partial charge on any atom is 0.320 e. The minimum Gasteiger partial charge on any atom is -0.480 e. The molecule has 1 fully saturated rings. The summed E-state index contributed by atoms with van der Waals surface area (Å²) >= 11 is 0. The second-order valence-electron chi connectivity index (χ2n) is 4.48. The SMILES string of the molecule is NC(=O)CCS(=O)(=O)CCNC(C(=O)O)C1CC1. The standard InChI is InChI=1S/C10H18N2O5S/c11-8(13)3-5-18(16,17)6-4-12-9(10(14)15)7-1-2-7/h7,9,12H,1-6H2,(H2,11,13)(H,14,15). The molecule has 0 aromatic rings. The minimum atomic E-state index is -3.36. The zero-order valence-electron chi connectivity index (χ0n) is 9.96. The van der Waals surface area contributed by atoms with E-state index >= 15 is 0 Å². The van der Waals surface area contributed by atoms with E-state index < -0.39 is 27.8 Å². The van der Waals surface area contributed by atoms with Crippen molar-refractivity contribution in [3.8, 4) is 0 Å². The van der Waals surface area contributed by atoms with E-state index in [2.05, 4.69) is 5.32 Å². The normalized spacial score (nSPS) is 17.3. The number of carbonyl (C=O) groups is 2. The summed E-state index contributed by atoms with van der Waals surface area (Å²) < 4.78 is 23.0. The Morgan fingerprint density at radius 1 is 1.33 bits per heavy atom. The van der Waals surface area contributed by atoms with Crippen LogP contribution in [-0.4, -0.2) is 49.5 Å². The molecule has 1 unspecified atom stereocenters. The predicted octanol–water partition coefficient (Wildman–Crippen LogP) is -1.27. The summed E-state index contributed by atoms with van der Waals surface area (Å²) in [6, 6.07) is -0.670. The minimum absolute atomic E-state index is 0.0779. The van der Waals surface area contributed by atoms with Gasteiger partial charge in [-0.15, -0.1) is 0 Å². The fraction of sp³-hybridized carbons (Fsp3) is 0.800. The van der Waals surface area contributed by atoms with Gasteiger partial charge in [0.2, 0.25) is 5.91 Å². The van der Waals surface area contributed by atoms with Crippen LogP contribution in [0.5, 0.6) is 0 Å². The molecule has 1 atom stereocenters. The number of rotatable bonds is 9. The van der Waals surface area contributed by atoms with Gasteiger partial charge in [0.05, 0.1) is 11.5 Å². The fourth-order valence-electron chi connectivity index (χ4n) is 1.61. The van der Waals surface area contributed by atoms with Crippen molar-refractivity contribution in [1.82, 2.24) is 5.32 Å². The maximum atomic E-state index is 11.5. The number of nitrogens with one attached hydrogen (secondary N) is 1. The Labute approximate surface area is 106 Å². The fourth-order valence-corrected chi connectivity index (χ4v) is 2.76. The number of aliphatic carboxylic acids is 1. The summed E-state index contributed by atoms with van der Waals surface area (Å²) in [6.45, 7) is 0.0779. The van der Waals surface area contributed by atoms with Crippen LogP contribution in [0.4, 0.5) is 0 Å². The van der Waals surface area contributed by atoms with Crippen LogP contribution < -0.4 is 11.1 Å². The van der Waals surface area contributed by atoms with Crippen molar-refractivity contribution in [1.29, 1.82) is 0 Å². The molecule has 1 aliphatic carbocycles. The maximum absolute atomic E-state index is 11.5. The third-order valence-corrected chi connectivity index (χ3v) is 4.45. The molecule has 8 heteroatoms. The lowest BCUT2D eigenvalue weighted by molar-refractivity contribution is -0.140. The second-order valence-corrected chi connectivity index (χ2v) is 6.78. The highest BCUT2D eigenvalue weighted by molar-refractivity contribution is 7.91. The molecule has 7 nitrogen and oxygen atoms in total. The first kappa shape index (κ1) is 14.9. The van der Waals surface area contributed by atoms with Crippen molar-refractivity contribution >= 4 is 21.7 Å². The van der Waals surface area contributed by atoms with E-state index in [4.69, 9.17) is 10.8 Å². The first-order valence-electron chi connectivity index (χ1n) is 5.77. The number of carbonyl (C=O) groups excluding carboxylic acids is 1. The van der Waals surface area contributed by atoms with Crippen molar-refractivity contribution in [3.05, 3.63) is 0 Å². The van der Waals surface area contributed by atoms with Crippen LogP contribution in [-0.2, 0) is 19.4 Å². The quantitative estimate of drug-likeness (QED) is 0.482. The number of hydrogen-bond donors (Lipinski definition) is 3. The number of primary amides is 1. The Hall–Kier alpha value is -1.15. The van der Waals surface area contributed by atoms with Gasteiger partial charge < -0.3 is 16.2 Å². The number of carboxylic acid groups (broad SMARTS) is 1. The van der Waals surface area contributed by atoms with Crippen LogP contribution in [0.15, 0.2) is 0 Å². The van der Waals surface area contributed by atoms with Gasteiger partial charge >= 0.3 is 5.97 Å². The molecule has 1 saturated carbocycles. The van der Waals surface area contributed by atoms with Gasteiger partial charge in [-0.25, -0.2) is 8.42 Å². The van der Waals surface area contributed by atoms with Crippen molar-refractivity contribution in [2.75, 3.05) is 18.1 Å². The first-order valence-corrected chi connectivity index (χ1v) is 7.59. The Bertz CT molecular complexity index is 416. The zero-order valence-corrected chi connectivity index (χ0v) is 10.8. The lowest BCUT2D eigenvalue weighted by atomic mass is 10.2. The molecule has 4 N–H and O–H groups in total. The summed E-state index contributed by atoms with van der Waals surface area (Å²) in [5.41, 5.74) is 4.87. The van der Waals surface area contributed by atoms with Gasteiger partial charge in [-0.05, 0) is 18.8 Å². The summed E-state index contributed by atoms with van der Waals surface area (Å²) in [5, 5.41) is 11.6. The van der Waals surface area contributed by atoms with E-state index in [-0.39, 0.29) is 30.4 Å². The smallest absolute Gasteiger partial charge is 0.320 e. The topological polar surface area (TPSA) is 127 Å². The van der Waals surface area contributed by atoms with Crippen LogP contribution >= 0.6 is 0 Å². The van der Waals surface area contributed by atoms with Crippen LogP contribution in [0, 0.1) is 5.92 Å². The van der Waals surface area contributed by atoms with Gasteiger partial charge in [-0.1, -0.05) is 0 Å². The predicted molar refractivity (Wildman–Crippen MR) is 64.6 cm³/mol. The van der Waals surface area contributed by atoms with E-state index in [1.807, 2.05) is 0 Å². The largest absolute Gasteiger partial charge is 0.480 e. The molecule has 0 spiro atoms. The van der Waals surface area contributed by atoms with E-state index in [9.17, 15) is 18.0 Å². The zero-order chi connectivity index (χ0) is 13.8. The van der Waals surface area contributed by atoms with E-state index in [0.29, 0.717) is 0 Å². The monoisotopic (exact) mass is 278 g/mol. The van der Waals surface area contributed by atoms with Gasteiger partial charge in [0.25, 0.3) is 0 Å². The number of carboxylic acids is 1. The molecule has 0 radical (unpaired) electrons. The molecule has 0 aromatic heterocycles. The van der Waals surface area contributed by atoms with Gasteiger partial charge in [-0.3, -0.25) is 9.59 Å². The molecule has 1 aliphatic rings. The molecule has 0 bridgehead atoms. The number of sulfone groups is 1. The van der Waals surface area contributed by atoms with E-state index in [1.54, 1.807) is 0 Å². The average Bonchev–Trinajstić information content (AvgIpc) is 3.05. The summed E-state index contributed by atoms with van der Waals surface area (Å²) in [5.74, 6) is -1.97. The van der Waals surface area contributed by atoms with Gasteiger partial charge in [-0.2, -0.15) is 0 Å². The first-order chi connectivity index (χ1) is 8.32. The van der Waals surface area contributed by atoms with Gasteiger partial charge in [0.15, 0.2) is 9.84 Å². The molecule has 0 saturated heterocycles. The third kappa shape index (κ3) is 5.46. The molecule has 104 valence electrons. The molecule has 0 aromatic carbocycles. The Kier molecular flexibility index (Phi) is 5.09. The second kappa shape index (κ2) is 6.14. The Balaban J connectivity index is 2.31. The highest BCUT2D eigenvalue weighted by Gasteiger charge is 2.35. The number of nitrogens with two attached hydrogens (primary N) is 1. The van der Waals surface area contributed by atoms with E-state index in [0.717, 1.165) is 12.8 Å². The molecular weight excluding hydrogens is 260 g/mol. The number of hydrogen-bond acceptors (Lipinski definition) is 5. The van der Waals surface area contributed by atoms with Crippen LogP contribution in [0.1, 0.15) is 19.3 Å². The summed E-state index contributed by atoms with van der Waals surface area (Å²) in [4.78, 5) is 21.4. The summed E-state index contributed by atoms with van der Waals surface area (Å²) in [7, 11) is -3.36. The Morgan fingerprint density at radius 3 is 2.39 bits per heavy atom. The van der Waals surface area contributed by atoms with Crippen LogP contribution in [0.25, 0.3) is 0 Å². The highest BCUT2D eigenvalue weighted by atomic mass is 32.2. The van der Waals surface area contributed by atoms with Crippen molar-refractivity contribution in [3.63, 3.8) is 0 Å². The summed E-state index contributed by atoms with van der Waals surface area (Å²) in [6.07, 6.45) is 1.52. The van der Waals surface area contributed by atoms with Crippen molar-refractivity contribution in [2.45, 2.75) is 25.3 Å². The average molecular weight is 278 g/mol. The lowest BCUT2D eigenvalue weighted by Gasteiger charge is -2.13. The van der Waals surface area contributed by atoms with Gasteiger partial charge in [0, 0.05) is 13.0 Å². The highest BCUT2D eigenvalue weighted by Crippen LogP contribution is 2.32.